The molecule has 0 N–H and O–H groups in total. The molecule has 13 heavy (non-hydrogen) atoms. The summed E-state index contributed by atoms with van der Waals surface area (Å²) in [6, 6.07) is 5.96. The highest BCUT2D eigenvalue weighted by molar-refractivity contribution is 9.11. The number of halogens is 2. The normalized spacial score (nSPS) is 9.31. The summed E-state index contributed by atoms with van der Waals surface area (Å²) < 4.78 is 1.12. The summed E-state index contributed by atoms with van der Waals surface area (Å²) in [6.07, 6.45) is 3.30. The Bertz CT molecular complexity index is 375. The maximum absolute atomic E-state index is 4.14. The number of thiophene rings is 1. The Hall–Kier alpha value is -0.260. The summed E-state index contributed by atoms with van der Waals surface area (Å²) in [4.78, 5) is 9.16. The van der Waals surface area contributed by atoms with E-state index in [0.717, 1.165) is 14.4 Å². The van der Waals surface area contributed by atoms with E-state index < -0.39 is 0 Å². The number of rotatable bonds is 1. The smallest absolute Gasteiger partial charge is 0.116 e. The third-order valence-corrected chi connectivity index (χ3v) is 3.05. The molecule has 0 radical (unpaired) electrons. The zero-order chi connectivity index (χ0) is 8.39. The lowest BCUT2D eigenvalue weighted by molar-refractivity contribution is 1.18. The lowest BCUT2D eigenvalue weighted by atomic mass is 10.3. The van der Waals surface area contributed by atoms with Gasteiger partial charge in [0.2, 0.25) is 0 Å². The van der Waals surface area contributed by atoms with Crippen LogP contribution in [0.3, 0.4) is 0 Å². The molecule has 2 heterocycles. The third-order valence-electron chi connectivity index (χ3n) is 1.41. The Kier molecular flexibility index (Phi) is 4.02. The van der Waals surface area contributed by atoms with E-state index in [1.807, 2.05) is 18.2 Å². The largest absolute Gasteiger partial charge is 0.245 e. The number of hydrogen-bond acceptors (Lipinski definition) is 3. The molecule has 0 aliphatic rings. The zero-order valence-corrected chi connectivity index (χ0v) is 10.6. The van der Waals surface area contributed by atoms with Gasteiger partial charge in [-0.3, -0.25) is 0 Å². The molecule has 5 heteroatoms. The predicted molar refractivity (Wildman–Crippen MR) is 63.4 cm³/mol. The van der Waals surface area contributed by atoms with Crippen LogP contribution in [0.25, 0.3) is 10.6 Å². The van der Waals surface area contributed by atoms with Crippen molar-refractivity contribution < 1.29 is 0 Å². The highest BCUT2D eigenvalue weighted by Gasteiger charge is 2.00. The summed E-state index contributed by atoms with van der Waals surface area (Å²) in [7, 11) is 0. The second-order valence-electron chi connectivity index (χ2n) is 2.20. The highest BCUT2D eigenvalue weighted by Crippen LogP contribution is 2.29. The average molecular weight is 322 g/mol. The Labute approximate surface area is 98.9 Å². The first-order chi connectivity index (χ1) is 5.86. The maximum atomic E-state index is 4.14. The first-order valence-electron chi connectivity index (χ1n) is 3.38. The van der Waals surface area contributed by atoms with Gasteiger partial charge in [0.25, 0.3) is 0 Å². The van der Waals surface area contributed by atoms with Crippen molar-refractivity contribution in [3.63, 3.8) is 0 Å². The summed E-state index contributed by atoms with van der Waals surface area (Å²) in [5.74, 6) is 0. The number of nitrogens with zero attached hydrogens (tertiary/aromatic N) is 2. The molecule has 0 aromatic carbocycles. The van der Waals surface area contributed by atoms with Gasteiger partial charge in [-0.15, -0.1) is 28.3 Å². The van der Waals surface area contributed by atoms with Crippen molar-refractivity contribution in [3.8, 4) is 10.6 Å². The van der Waals surface area contributed by atoms with Gasteiger partial charge in [-0.1, -0.05) is 0 Å². The summed E-state index contributed by atoms with van der Waals surface area (Å²) in [5.41, 5.74) is 0.973. The van der Waals surface area contributed by atoms with Crippen molar-refractivity contribution in [2.45, 2.75) is 0 Å². The maximum Gasteiger partial charge on any atom is 0.116 e. The van der Waals surface area contributed by atoms with Crippen LogP contribution >= 0.6 is 44.2 Å². The highest BCUT2D eigenvalue weighted by atomic mass is 79.9. The summed E-state index contributed by atoms with van der Waals surface area (Å²) >= 11 is 5.07. The SMILES string of the molecule is Br.Brc1ccc(-c2ccncn2)s1. The molecule has 2 rings (SSSR count). The molecular weight excluding hydrogens is 316 g/mol. The van der Waals surface area contributed by atoms with E-state index in [0.29, 0.717) is 0 Å². The van der Waals surface area contributed by atoms with Gasteiger partial charge in [0, 0.05) is 6.20 Å². The minimum Gasteiger partial charge on any atom is -0.245 e. The number of hydrogen-bond donors (Lipinski definition) is 0. The van der Waals surface area contributed by atoms with Crippen molar-refractivity contribution >= 4 is 44.2 Å². The molecule has 0 saturated carbocycles. The van der Waals surface area contributed by atoms with Crippen LogP contribution in [0.2, 0.25) is 0 Å². The molecular formula is C8H6Br2N2S. The molecule has 68 valence electrons. The Morgan fingerprint density at radius 1 is 1.23 bits per heavy atom. The molecule has 2 nitrogen and oxygen atoms in total. The lowest BCUT2D eigenvalue weighted by Crippen LogP contribution is -1.78. The number of aromatic nitrogens is 2. The van der Waals surface area contributed by atoms with Crippen LogP contribution in [0, 0.1) is 0 Å². The molecule has 0 spiro atoms. The lowest BCUT2D eigenvalue weighted by Gasteiger charge is -1.91. The molecule has 2 aromatic heterocycles. The molecule has 2 aromatic rings. The minimum atomic E-state index is 0. The molecule has 0 atom stereocenters. The van der Waals surface area contributed by atoms with E-state index in [4.69, 9.17) is 0 Å². The second kappa shape index (κ2) is 4.83. The van der Waals surface area contributed by atoms with Crippen molar-refractivity contribution in [1.82, 2.24) is 9.97 Å². The standard InChI is InChI=1S/C8H5BrN2S.BrH/c9-8-2-1-7(12-8)6-3-4-10-5-11-6;/h1-5H;1H. The first-order valence-corrected chi connectivity index (χ1v) is 4.99. The van der Waals surface area contributed by atoms with E-state index in [-0.39, 0.29) is 17.0 Å². The minimum absolute atomic E-state index is 0. The monoisotopic (exact) mass is 320 g/mol. The van der Waals surface area contributed by atoms with Gasteiger partial charge >= 0.3 is 0 Å². The topological polar surface area (TPSA) is 25.8 Å². The first kappa shape index (κ1) is 10.8. The Morgan fingerprint density at radius 3 is 2.62 bits per heavy atom. The Balaban J connectivity index is 0.000000845. The zero-order valence-electron chi connectivity index (χ0n) is 6.48. The van der Waals surface area contributed by atoms with Gasteiger partial charge in [0.1, 0.15) is 6.33 Å². The van der Waals surface area contributed by atoms with E-state index in [2.05, 4.69) is 25.9 Å². The molecule has 0 saturated heterocycles. The van der Waals surface area contributed by atoms with Crippen LogP contribution in [-0.2, 0) is 0 Å². The second-order valence-corrected chi connectivity index (χ2v) is 4.66. The average Bonchev–Trinajstić information content (AvgIpc) is 2.54. The van der Waals surface area contributed by atoms with E-state index in [1.165, 1.54) is 0 Å². The van der Waals surface area contributed by atoms with E-state index in [9.17, 15) is 0 Å². The predicted octanol–water partition coefficient (Wildman–Crippen LogP) is 3.55. The van der Waals surface area contributed by atoms with E-state index >= 15 is 0 Å². The van der Waals surface area contributed by atoms with Gasteiger partial charge in [-0.05, 0) is 34.1 Å². The van der Waals surface area contributed by atoms with Crippen LogP contribution in [0.15, 0.2) is 34.5 Å². The summed E-state index contributed by atoms with van der Waals surface area (Å²) in [6.45, 7) is 0. The molecule has 0 amide bonds. The van der Waals surface area contributed by atoms with E-state index in [1.54, 1.807) is 23.9 Å². The van der Waals surface area contributed by atoms with Gasteiger partial charge in [0.15, 0.2) is 0 Å². The fourth-order valence-electron chi connectivity index (χ4n) is 0.888. The molecule has 0 bridgehead atoms. The molecule has 0 aliphatic heterocycles. The van der Waals surface area contributed by atoms with Crippen molar-refractivity contribution in [3.05, 3.63) is 34.5 Å². The fraction of sp³-hybridized carbons (Fsp3) is 0. The van der Waals surface area contributed by atoms with Gasteiger partial charge in [0.05, 0.1) is 14.4 Å². The van der Waals surface area contributed by atoms with Crippen LogP contribution < -0.4 is 0 Å². The van der Waals surface area contributed by atoms with Crippen molar-refractivity contribution in [2.24, 2.45) is 0 Å². The van der Waals surface area contributed by atoms with Crippen molar-refractivity contribution in [2.75, 3.05) is 0 Å². The molecule has 0 fully saturated rings. The fourth-order valence-corrected chi connectivity index (χ4v) is 2.25. The van der Waals surface area contributed by atoms with Crippen LogP contribution in [0.1, 0.15) is 0 Å². The van der Waals surface area contributed by atoms with Gasteiger partial charge in [-0.2, -0.15) is 0 Å². The van der Waals surface area contributed by atoms with Crippen LogP contribution in [-0.4, -0.2) is 9.97 Å². The quantitative estimate of drug-likeness (QED) is 0.802. The molecule has 0 aliphatic carbocycles. The van der Waals surface area contributed by atoms with Gasteiger partial charge in [-0.25, -0.2) is 9.97 Å². The van der Waals surface area contributed by atoms with Crippen LogP contribution in [0.4, 0.5) is 0 Å². The molecule has 0 unspecified atom stereocenters. The third kappa shape index (κ3) is 2.59. The van der Waals surface area contributed by atoms with Crippen molar-refractivity contribution in [1.29, 1.82) is 0 Å². The Morgan fingerprint density at radius 2 is 2.08 bits per heavy atom. The van der Waals surface area contributed by atoms with Gasteiger partial charge < -0.3 is 0 Å². The summed E-state index contributed by atoms with van der Waals surface area (Å²) in [5, 5.41) is 0. The van der Waals surface area contributed by atoms with Crippen LogP contribution in [0.5, 0.6) is 0 Å².